The van der Waals surface area contributed by atoms with Gasteiger partial charge in [-0.25, -0.2) is 9.79 Å². The van der Waals surface area contributed by atoms with E-state index in [0.29, 0.717) is 37.7 Å². The standard InChI is InChI=1S/C31H33N3O5S/c1-7-33-17-21(22-11-9-10-12-23(22)33)16-26-29(35)34-28(20-13-14-24(39-18(3)4)25(15-20)37-6)27(30(36)38-8-2)19(5)32-31(34)40-26/h9-18,28H,7-8H2,1-6H3/b26-16+/t28-/m1/s1. The Kier molecular flexibility index (Phi) is 7.67. The number of nitrogens with zero attached hydrogens (tertiary/aromatic N) is 3. The molecule has 0 N–H and O–H groups in total. The number of aromatic nitrogens is 2. The van der Waals surface area contributed by atoms with Crippen molar-refractivity contribution in [3.8, 4) is 11.5 Å². The van der Waals surface area contributed by atoms with Crippen LogP contribution in [0, 0.1) is 0 Å². The molecule has 4 aromatic rings. The minimum atomic E-state index is -0.739. The van der Waals surface area contributed by atoms with Gasteiger partial charge in [0.15, 0.2) is 16.3 Å². The summed E-state index contributed by atoms with van der Waals surface area (Å²) in [7, 11) is 1.57. The van der Waals surface area contributed by atoms with Gasteiger partial charge in [-0.3, -0.25) is 9.36 Å². The SMILES string of the molecule is CCOC(=O)C1=C(C)N=c2s/c(=C/c3cn(CC)c4ccccc34)c(=O)n2[C@@H]1c1ccc(OC(C)C)c(OC)c1. The molecule has 2 aromatic carbocycles. The van der Waals surface area contributed by atoms with Gasteiger partial charge < -0.3 is 18.8 Å². The average molecular weight is 560 g/mol. The molecule has 0 saturated carbocycles. The van der Waals surface area contributed by atoms with Crippen LogP contribution in [0.3, 0.4) is 0 Å². The summed E-state index contributed by atoms with van der Waals surface area (Å²) in [5, 5.41) is 1.07. The Bertz CT molecular complexity index is 1810. The Morgan fingerprint density at radius 1 is 1.15 bits per heavy atom. The van der Waals surface area contributed by atoms with Gasteiger partial charge in [-0.15, -0.1) is 0 Å². The van der Waals surface area contributed by atoms with Crippen molar-refractivity contribution in [2.45, 2.75) is 53.3 Å². The Morgan fingerprint density at radius 3 is 2.62 bits per heavy atom. The first kappa shape index (κ1) is 27.5. The maximum absolute atomic E-state index is 14.1. The Labute approximate surface area is 236 Å². The molecule has 9 heteroatoms. The van der Waals surface area contributed by atoms with E-state index in [4.69, 9.17) is 19.2 Å². The zero-order valence-electron chi connectivity index (χ0n) is 23.6. The topological polar surface area (TPSA) is 84.1 Å². The van der Waals surface area contributed by atoms with Crippen molar-refractivity contribution in [2.24, 2.45) is 4.99 Å². The number of hydrogen-bond acceptors (Lipinski definition) is 7. The summed E-state index contributed by atoms with van der Waals surface area (Å²) in [6, 6.07) is 12.9. The lowest BCUT2D eigenvalue weighted by molar-refractivity contribution is -0.139. The molecule has 208 valence electrons. The third-order valence-corrected chi connectivity index (χ3v) is 7.81. The van der Waals surface area contributed by atoms with Crippen molar-refractivity contribution >= 4 is 34.3 Å². The summed E-state index contributed by atoms with van der Waals surface area (Å²) in [5.74, 6) is 0.591. The van der Waals surface area contributed by atoms with Crippen LogP contribution in [0.2, 0.25) is 0 Å². The number of fused-ring (bicyclic) bond motifs is 2. The first-order chi connectivity index (χ1) is 19.3. The number of carbonyl (C=O) groups excluding carboxylic acids is 1. The van der Waals surface area contributed by atoms with E-state index in [1.165, 1.54) is 11.3 Å². The highest BCUT2D eigenvalue weighted by atomic mass is 32.1. The van der Waals surface area contributed by atoms with Crippen molar-refractivity contribution in [3.05, 3.63) is 90.7 Å². The number of ether oxygens (including phenoxy) is 3. The lowest BCUT2D eigenvalue weighted by atomic mass is 9.95. The lowest BCUT2D eigenvalue weighted by Crippen LogP contribution is -2.40. The second kappa shape index (κ2) is 11.2. The minimum absolute atomic E-state index is 0.0479. The summed E-state index contributed by atoms with van der Waals surface area (Å²) in [6.45, 7) is 10.5. The van der Waals surface area contributed by atoms with Crippen LogP contribution < -0.4 is 24.4 Å². The molecule has 0 saturated heterocycles. The molecular formula is C31H33N3O5S. The van der Waals surface area contributed by atoms with E-state index in [2.05, 4.69) is 29.8 Å². The highest BCUT2D eigenvalue weighted by molar-refractivity contribution is 7.07. The van der Waals surface area contributed by atoms with Crippen LogP contribution in [0.1, 0.15) is 51.8 Å². The van der Waals surface area contributed by atoms with Gasteiger partial charge in [-0.2, -0.15) is 0 Å². The maximum atomic E-state index is 14.1. The number of aryl methyl sites for hydroxylation is 1. The number of para-hydroxylation sites is 1. The van der Waals surface area contributed by atoms with Crippen molar-refractivity contribution in [1.29, 1.82) is 0 Å². The van der Waals surface area contributed by atoms with E-state index in [9.17, 15) is 9.59 Å². The zero-order chi connectivity index (χ0) is 28.6. The Hall–Kier alpha value is -4.11. The Morgan fingerprint density at radius 2 is 1.93 bits per heavy atom. The monoisotopic (exact) mass is 559 g/mol. The van der Waals surface area contributed by atoms with Gasteiger partial charge in [-0.1, -0.05) is 35.6 Å². The van der Waals surface area contributed by atoms with Crippen LogP contribution >= 0.6 is 11.3 Å². The van der Waals surface area contributed by atoms with E-state index < -0.39 is 12.0 Å². The van der Waals surface area contributed by atoms with Crippen LogP contribution in [-0.4, -0.2) is 34.9 Å². The fourth-order valence-corrected chi connectivity index (χ4v) is 6.14. The number of rotatable bonds is 8. The summed E-state index contributed by atoms with van der Waals surface area (Å²) in [6.07, 6.45) is 3.93. The maximum Gasteiger partial charge on any atom is 0.338 e. The molecule has 2 aromatic heterocycles. The molecule has 1 aliphatic heterocycles. The molecule has 1 aliphatic rings. The second-order valence-corrected chi connectivity index (χ2v) is 10.8. The number of allylic oxidation sites excluding steroid dienone is 1. The first-order valence-corrected chi connectivity index (χ1v) is 14.2. The van der Waals surface area contributed by atoms with Gasteiger partial charge in [0.2, 0.25) is 0 Å². The lowest BCUT2D eigenvalue weighted by Gasteiger charge is -2.25. The quantitative estimate of drug-likeness (QED) is 0.296. The summed E-state index contributed by atoms with van der Waals surface area (Å²) >= 11 is 1.31. The van der Waals surface area contributed by atoms with Gasteiger partial charge in [0.1, 0.15) is 0 Å². The highest BCUT2D eigenvalue weighted by Crippen LogP contribution is 2.36. The molecule has 0 unspecified atom stereocenters. The summed E-state index contributed by atoms with van der Waals surface area (Å²) in [4.78, 5) is 32.5. The van der Waals surface area contributed by atoms with Crippen LogP contribution in [0.25, 0.3) is 17.0 Å². The van der Waals surface area contributed by atoms with Gasteiger partial charge >= 0.3 is 5.97 Å². The smallest absolute Gasteiger partial charge is 0.338 e. The van der Waals surface area contributed by atoms with Gasteiger partial charge in [-0.05, 0) is 64.5 Å². The van der Waals surface area contributed by atoms with Crippen LogP contribution in [0.5, 0.6) is 11.5 Å². The summed E-state index contributed by atoms with van der Waals surface area (Å²) < 4.78 is 21.2. The molecular weight excluding hydrogens is 526 g/mol. The van der Waals surface area contributed by atoms with Gasteiger partial charge in [0.05, 0.1) is 41.7 Å². The number of thiazole rings is 1. The molecule has 8 nitrogen and oxygen atoms in total. The van der Waals surface area contributed by atoms with Crippen molar-refractivity contribution in [1.82, 2.24) is 9.13 Å². The fourth-order valence-electron chi connectivity index (χ4n) is 5.11. The van der Waals surface area contributed by atoms with Crippen LogP contribution in [0.4, 0.5) is 0 Å². The van der Waals surface area contributed by atoms with E-state index in [1.54, 1.807) is 25.5 Å². The molecule has 5 rings (SSSR count). The number of esters is 1. The molecule has 0 fully saturated rings. The molecule has 0 bridgehead atoms. The van der Waals surface area contributed by atoms with Crippen molar-refractivity contribution < 1.29 is 19.0 Å². The van der Waals surface area contributed by atoms with Crippen molar-refractivity contribution in [2.75, 3.05) is 13.7 Å². The predicted molar refractivity (Wildman–Crippen MR) is 157 cm³/mol. The van der Waals surface area contributed by atoms with E-state index in [1.807, 2.05) is 50.3 Å². The van der Waals surface area contributed by atoms with E-state index >= 15 is 0 Å². The second-order valence-electron chi connectivity index (χ2n) is 9.77. The molecule has 0 amide bonds. The Balaban J connectivity index is 1.73. The molecule has 40 heavy (non-hydrogen) atoms. The van der Waals surface area contributed by atoms with Gasteiger partial charge in [0, 0.05) is 29.2 Å². The normalized spacial score (nSPS) is 15.4. The third-order valence-electron chi connectivity index (χ3n) is 6.83. The first-order valence-electron chi connectivity index (χ1n) is 13.4. The largest absolute Gasteiger partial charge is 0.493 e. The number of carbonyl (C=O) groups is 1. The number of hydrogen-bond donors (Lipinski definition) is 0. The van der Waals surface area contributed by atoms with Crippen molar-refractivity contribution in [3.63, 3.8) is 0 Å². The average Bonchev–Trinajstić information content (AvgIpc) is 3.44. The molecule has 0 aliphatic carbocycles. The summed E-state index contributed by atoms with van der Waals surface area (Å²) in [5.41, 5.74) is 3.37. The fraction of sp³-hybridized carbons (Fsp3) is 0.323. The third kappa shape index (κ3) is 4.86. The van der Waals surface area contributed by atoms with E-state index in [0.717, 1.165) is 23.0 Å². The zero-order valence-corrected chi connectivity index (χ0v) is 24.4. The van der Waals surface area contributed by atoms with E-state index in [-0.39, 0.29) is 18.3 Å². The highest BCUT2D eigenvalue weighted by Gasteiger charge is 2.34. The molecule has 3 heterocycles. The molecule has 0 spiro atoms. The molecule has 1 atom stereocenters. The van der Waals surface area contributed by atoms with Crippen LogP contribution in [0.15, 0.2) is 69.7 Å². The number of benzene rings is 2. The van der Waals surface area contributed by atoms with Gasteiger partial charge in [0.25, 0.3) is 5.56 Å². The minimum Gasteiger partial charge on any atom is -0.493 e. The molecule has 0 radical (unpaired) electrons. The predicted octanol–water partition coefficient (Wildman–Crippen LogP) is 4.57. The van der Waals surface area contributed by atoms with Crippen LogP contribution in [-0.2, 0) is 16.1 Å². The number of methoxy groups -OCH3 is 1.